The third kappa shape index (κ3) is 1.63. The molecule has 0 aromatic heterocycles. The second-order valence-electron chi connectivity index (χ2n) is 3.68. The van der Waals surface area contributed by atoms with Crippen LogP contribution in [-0.4, -0.2) is 18.4 Å². The van der Waals surface area contributed by atoms with E-state index in [-0.39, 0.29) is 12.4 Å². The summed E-state index contributed by atoms with van der Waals surface area (Å²) in [6.45, 7) is 3.56. The van der Waals surface area contributed by atoms with Gasteiger partial charge in [0.1, 0.15) is 11.7 Å². The van der Waals surface area contributed by atoms with Gasteiger partial charge in [-0.3, -0.25) is 9.59 Å². The lowest BCUT2D eigenvalue weighted by atomic mass is 9.81. The standard InChI is InChI=1S/C10H13NO3/c1-3-14-9(13)8-7(12)4-5-10(8,2)6-11/h8H,3-5H2,1-2H3. The number of carbonyl (C=O) groups is 2. The third-order valence-electron chi connectivity index (χ3n) is 2.63. The summed E-state index contributed by atoms with van der Waals surface area (Å²) < 4.78 is 4.78. The molecule has 0 saturated heterocycles. The summed E-state index contributed by atoms with van der Waals surface area (Å²) in [5.41, 5.74) is -0.872. The van der Waals surface area contributed by atoms with Crippen LogP contribution in [0.15, 0.2) is 0 Å². The molecule has 1 saturated carbocycles. The number of nitriles is 1. The molecule has 4 nitrogen and oxygen atoms in total. The lowest BCUT2D eigenvalue weighted by Crippen LogP contribution is -2.33. The highest BCUT2D eigenvalue weighted by Gasteiger charge is 2.50. The Labute approximate surface area is 82.8 Å². The quantitative estimate of drug-likeness (QED) is 0.488. The molecule has 1 aliphatic rings. The van der Waals surface area contributed by atoms with E-state index in [0.717, 1.165) is 0 Å². The van der Waals surface area contributed by atoms with Crippen molar-refractivity contribution in [2.75, 3.05) is 6.61 Å². The van der Waals surface area contributed by atoms with Crippen LogP contribution in [0.3, 0.4) is 0 Å². The van der Waals surface area contributed by atoms with E-state index in [4.69, 9.17) is 10.00 Å². The summed E-state index contributed by atoms with van der Waals surface area (Å²) in [6.07, 6.45) is 0.749. The van der Waals surface area contributed by atoms with Gasteiger partial charge in [0, 0.05) is 6.42 Å². The summed E-state index contributed by atoms with van der Waals surface area (Å²) in [7, 11) is 0. The molecule has 1 rings (SSSR count). The summed E-state index contributed by atoms with van der Waals surface area (Å²) in [5, 5.41) is 8.92. The zero-order chi connectivity index (χ0) is 10.8. The minimum Gasteiger partial charge on any atom is -0.465 e. The van der Waals surface area contributed by atoms with Crippen LogP contribution in [0, 0.1) is 22.7 Å². The fourth-order valence-corrected chi connectivity index (χ4v) is 1.76. The van der Waals surface area contributed by atoms with Gasteiger partial charge in [0.2, 0.25) is 0 Å². The second-order valence-corrected chi connectivity index (χ2v) is 3.68. The summed E-state index contributed by atoms with van der Waals surface area (Å²) in [4.78, 5) is 22.8. The number of nitrogens with zero attached hydrogens (tertiary/aromatic N) is 1. The average molecular weight is 195 g/mol. The van der Waals surface area contributed by atoms with Gasteiger partial charge >= 0.3 is 5.97 Å². The molecule has 0 N–H and O–H groups in total. The van der Waals surface area contributed by atoms with Gasteiger partial charge in [0.25, 0.3) is 0 Å². The van der Waals surface area contributed by atoms with E-state index in [1.165, 1.54) is 0 Å². The van der Waals surface area contributed by atoms with Crippen molar-refractivity contribution in [1.82, 2.24) is 0 Å². The molecule has 2 unspecified atom stereocenters. The number of esters is 1. The smallest absolute Gasteiger partial charge is 0.318 e. The van der Waals surface area contributed by atoms with Crippen molar-refractivity contribution >= 4 is 11.8 Å². The van der Waals surface area contributed by atoms with Gasteiger partial charge < -0.3 is 4.74 Å². The van der Waals surface area contributed by atoms with Gasteiger partial charge in [0.15, 0.2) is 0 Å². The second kappa shape index (κ2) is 3.79. The summed E-state index contributed by atoms with van der Waals surface area (Å²) in [6, 6.07) is 2.04. The van der Waals surface area contributed by atoms with Crippen LogP contribution in [0.5, 0.6) is 0 Å². The van der Waals surface area contributed by atoms with Crippen molar-refractivity contribution in [2.24, 2.45) is 11.3 Å². The van der Waals surface area contributed by atoms with Crippen LogP contribution >= 0.6 is 0 Å². The number of Topliss-reactive ketones (excluding diaryl/α,β-unsaturated/α-hetero) is 1. The molecule has 0 amide bonds. The molecule has 0 bridgehead atoms. The van der Waals surface area contributed by atoms with Gasteiger partial charge in [-0.15, -0.1) is 0 Å². The largest absolute Gasteiger partial charge is 0.465 e. The van der Waals surface area contributed by atoms with E-state index >= 15 is 0 Å². The van der Waals surface area contributed by atoms with Crippen molar-refractivity contribution in [3.05, 3.63) is 0 Å². The van der Waals surface area contributed by atoms with Crippen LogP contribution in [-0.2, 0) is 14.3 Å². The normalized spacial score (nSPS) is 31.2. The summed E-state index contributed by atoms with van der Waals surface area (Å²) >= 11 is 0. The Morgan fingerprint density at radius 1 is 1.79 bits per heavy atom. The van der Waals surface area contributed by atoms with Crippen LogP contribution in [0.1, 0.15) is 26.7 Å². The molecular formula is C10H13NO3. The fraction of sp³-hybridized carbons (Fsp3) is 0.700. The Kier molecular flexibility index (Phi) is 2.90. The maximum Gasteiger partial charge on any atom is 0.318 e. The molecule has 1 fully saturated rings. The Morgan fingerprint density at radius 2 is 2.43 bits per heavy atom. The lowest BCUT2D eigenvalue weighted by molar-refractivity contribution is -0.153. The molecule has 1 aliphatic carbocycles. The number of hydrogen-bond acceptors (Lipinski definition) is 4. The monoisotopic (exact) mass is 195 g/mol. The Morgan fingerprint density at radius 3 is 2.93 bits per heavy atom. The number of rotatable bonds is 2. The highest BCUT2D eigenvalue weighted by molar-refractivity contribution is 6.02. The Balaban J connectivity index is 2.89. The van der Waals surface area contributed by atoms with E-state index in [1.54, 1.807) is 13.8 Å². The molecule has 0 spiro atoms. The Bertz CT molecular complexity index is 305. The minimum absolute atomic E-state index is 0.174. The van der Waals surface area contributed by atoms with E-state index in [2.05, 4.69) is 0 Å². The molecule has 0 aliphatic heterocycles. The van der Waals surface area contributed by atoms with E-state index < -0.39 is 17.3 Å². The van der Waals surface area contributed by atoms with Gasteiger partial charge in [-0.1, -0.05) is 0 Å². The molecule has 4 heteroatoms. The Hall–Kier alpha value is -1.37. The average Bonchev–Trinajstić information content (AvgIpc) is 2.44. The van der Waals surface area contributed by atoms with Crippen molar-refractivity contribution in [2.45, 2.75) is 26.7 Å². The first-order chi connectivity index (χ1) is 6.55. The number of ether oxygens (including phenoxy) is 1. The van der Waals surface area contributed by atoms with Gasteiger partial charge in [-0.25, -0.2) is 0 Å². The third-order valence-corrected chi connectivity index (χ3v) is 2.63. The molecule has 2 atom stereocenters. The van der Waals surface area contributed by atoms with Crippen LogP contribution in [0.4, 0.5) is 0 Å². The SMILES string of the molecule is CCOC(=O)C1C(=O)CCC1(C)C#N. The predicted octanol–water partition coefficient (Wildman–Crippen LogP) is 1.06. The van der Waals surface area contributed by atoms with Crippen molar-refractivity contribution in [1.29, 1.82) is 5.26 Å². The molecule has 14 heavy (non-hydrogen) atoms. The molecular weight excluding hydrogens is 182 g/mol. The molecule has 0 radical (unpaired) electrons. The van der Waals surface area contributed by atoms with E-state index in [9.17, 15) is 9.59 Å². The zero-order valence-corrected chi connectivity index (χ0v) is 8.37. The highest BCUT2D eigenvalue weighted by Crippen LogP contribution is 2.40. The fourth-order valence-electron chi connectivity index (χ4n) is 1.76. The van der Waals surface area contributed by atoms with Crippen molar-refractivity contribution in [3.8, 4) is 6.07 Å². The molecule has 0 heterocycles. The van der Waals surface area contributed by atoms with Gasteiger partial charge in [-0.2, -0.15) is 5.26 Å². The maximum atomic E-state index is 11.4. The van der Waals surface area contributed by atoms with Gasteiger partial charge in [0.05, 0.1) is 18.1 Å². The first-order valence-electron chi connectivity index (χ1n) is 4.65. The van der Waals surface area contributed by atoms with Crippen LogP contribution < -0.4 is 0 Å². The van der Waals surface area contributed by atoms with Gasteiger partial charge in [-0.05, 0) is 20.3 Å². The minimum atomic E-state index is -0.882. The number of carbonyl (C=O) groups excluding carboxylic acids is 2. The van der Waals surface area contributed by atoms with Crippen molar-refractivity contribution in [3.63, 3.8) is 0 Å². The first-order valence-corrected chi connectivity index (χ1v) is 4.65. The topological polar surface area (TPSA) is 67.2 Å². The lowest BCUT2D eigenvalue weighted by Gasteiger charge is -2.20. The first kappa shape index (κ1) is 10.7. The predicted molar refractivity (Wildman–Crippen MR) is 48.1 cm³/mol. The maximum absolute atomic E-state index is 11.4. The van der Waals surface area contributed by atoms with Crippen LogP contribution in [0.2, 0.25) is 0 Å². The van der Waals surface area contributed by atoms with Crippen molar-refractivity contribution < 1.29 is 14.3 Å². The highest BCUT2D eigenvalue weighted by atomic mass is 16.5. The van der Waals surface area contributed by atoms with Crippen LogP contribution in [0.25, 0.3) is 0 Å². The molecule has 0 aromatic carbocycles. The van der Waals surface area contributed by atoms with E-state index in [1.807, 2.05) is 6.07 Å². The van der Waals surface area contributed by atoms with E-state index in [0.29, 0.717) is 12.8 Å². The summed E-state index contributed by atoms with van der Waals surface area (Å²) in [5.74, 6) is -1.61. The zero-order valence-electron chi connectivity index (χ0n) is 8.37. The molecule has 0 aromatic rings. The molecule has 76 valence electrons. The number of hydrogen-bond donors (Lipinski definition) is 0. The number of ketones is 1.